The maximum atomic E-state index is 5.72. The highest BCUT2D eigenvalue weighted by atomic mass is 32.2. The molecule has 15 heavy (non-hydrogen) atoms. The second-order valence-electron chi connectivity index (χ2n) is 4.76. The molecule has 0 radical (unpaired) electrons. The summed E-state index contributed by atoms with van der Waals surface area (Å²) in [4.78, 5) is 0. The van der Waals surface area contributed by atoms with Crippen LogP contribution in [-0.2, 0) is 4.74 Å². The van der Waals surface area contributed by atoms with E-state index in [9.17, 15) is 0 Å². The van der Waals surface area contributed by atoms with Crippen molar-refractivity contribution in [1.29, 1.82) is 0 Å². The van der Waals surface area contributed by atoms with Gasteiger partial charge in [0.2, 0.25) is 0 Å². The molecule has 2 fully saturated rings. The van der Waals surface area contributed by atoms with E-state index in [1.807, 2.05) is 11.8 Å². The van der Waals surface area contributed by atoms with Crippen LogP contribution >= 0.6 is 11.8 Å². The Bertz CT molecular complexity index is 182. The van der Waals surface area contributed by atoms with Crippen LogP contribution in [0.5, 0.6) is 0 Å². The summed E-state index contributed by atoms with van der Waals surface area (Å²) < 4.78 is 5.72. The van der Waals surface area contributed by atoms with Gasteiger partial charge >= 0.3 is 0 Å². The Balaban J connectivity index is 1.61. The molecule has 1 saturated heterocycles. The fraction of sp³-hybridized carbons (Fsp3) is 1.00. The maximum absolute atomic E-state index is 5.72. The van der Waals surface area contributed by atoms with Crippen LogP contribution in [-0.4, -0.2) is 36.8 Å². The van der Waals surface area contributed by atoms with Gasteiger partial charge in [-0.15, -0.1) is 0 Å². The van der Waals surface area contributed by atoms with Gasteiger partial charge in [0.15, 0.2) is 0 Å². The molecule has 2 aliphatic rings. The van der Waals surface area contributed by atoms with Gasteiger partial charge < -0.3 is 10.1 Å². The molecule has 1 aliphatic carbocycles. The van der Waals surface area contributed by atoms with Crippen molar-refractivity contribution in [3.05, 3.63) is 0 Å². The fourth-order valence-corrected chi connectivity index (χ4v) is 3.40. The molecule has 3 unspecified atom stereocenters. The average Bonchev–Trinajstić information content (AvgIpc) is 2.76. The summed E-state index contributed by atoms with van der Waals surface area (Å²) in [6.07, 6.45) is 10.7. The maximum Gasteiger partial charge on any atom is 0.0699 e. The lowest BCUT2D eigenvalue weighted by molar-refractivity contribution is 0.0155. The van der Waals surface area contributed by atoms with E-state index in [2.05, 4.69) is 11.6 Å². The molecule has 3 heteroatoms. The SMILES string of the molecule is CSC1CCC(NCC2CCCCO2)C1. The van der Waals surface area contributed by atoms with Gasteiger partial charge in [0, 0.05) is 24.4 Å². The van der Waals surface area contributed by atoms with Crippen molar-refractivity contribution < 1.29 is 4.74 Å². The Hall–Kier alpha value is 0.270. The second-order valence-corrected chi connectivity index (χ2v) is 5.90. The van der Waals surface area contributed by atoms with Gasteiger partial charge in [0.1, 0.15) is 0 Å². The molecule has 0 aromatic heterocycles. The number of nitrogens with one attached hydrogen (secondary N) is 1. The van der Waals surface area contributed by atoms with E-state index in [0.29, 0.717) is 6.10 Å². The smallest absolute Gasteiger partial charge is 0.0699 e. The highest BCUT2D eigenvalue weighted by Gasteiger charge is 2.24. The first kappa shape index (κ1) is 11.7. The zero-order valence-electron chi connectivity index (χ0n) is 9.71. The molecule has 0 spiro atoms. The van der Waals surface area contributed by atoms with E-state index >= 15 is 0 Å². The molecule has 0 bridgehead atoms. The lowest BCUT2D eigenvalue weighted by atomic mass is 10.1. The number of hydrogen-bond acceptors (Lipinski definition) is 3. The van der Waals surface area contributed by atoms with Gasteiger partial charge in [-0.2, -0.15) is 11.8 Å². The summed E-state index contributed by atoms with van der Waals surface area (Å²) in [6.45, 7) is 2.05. The molecule has 1 heterocycles. The molecule has 88 valence electrons. The van der Waals surface area contributed by atoms with Gasteiger partial charge in [-0.1, -0.05) is 0 Å². The number of rotatable bonds is 4. The quantitative estimate of drug-likeness (QED) is 0.800. The van der Waals surface area contributed by atoms with Crippen LogP contribution in [0.2, 0.25) is 0 Å². The standard InChI is InChI=1S/C12H23NOS/c1-15-12-6-5-10(8-12)13-9-11-4-2-3-7-14-11/h10-13H,2-9H2,1H3. The van der Waals surface area contributed by atoms with Crippen LogP contribution in [0.1, 0.15) is 38.5 Å². The molecule has 2 nitrogen and oxygen atoms in total. The average molecular weight is 229 g/mol. The monoisotopic (exact) mass is 229 g/mol. The first-order valence-electron chi connectivity index (χ1n) is 6.26. The third kappa shape index (κ3) is 3.65. The minimum atomic E-state index is 0.493. The molecule has 3 atom stereocenters. The fourth-order valence-electron chi connectivity index (χ4n) is 2.61. The van der Waals surface area contributed by atoms with Crippen LogP contribution in [0.15, 0.2) is 0 Å². The number of hydrogen-bond donors (Lipinski definition) is 1. The van der Waals surface area contributed by atoms with Gasteiger partial charge in [0.25, 0.3) is 0 Å². The summed E-state index contributed by atoms with van der Waals surface area (Å²) in [5, 5.41) is 4.58. The van der Waals surface area contributed by atoms with E-state index in [0.717, 1.165) is 24.4 Å². The lowest BCUT2D eigenvalue weighted by Crippen LogP contribution is -2.37. The zero-order valence-corrected chi connectivity index (χ0v) is 10.5. The largest absolute Gasteiger partial charge is 0.377 e. The highest BCUT2D eigenvalue weighted by Crippen LogP contribution is 2.28. The third-order valence-electron chi connectivity index (χ3n) is 3.63. The van der Waals surface area contributed by atoms with E-state index in [1.54, 1.807) is 0 Å². The molecule has 1 saturated carbocycles. The molecule has 1 N–H and O–H groups in total. The van der Waals surface area contributed by atoms with E-state index in [1.165, 1.54) is 38.5 Å². The second kappa shape index (κ2) is 6.12. The summed E-state index contributed by atoms with van der Waals surface area (Å²) in [6, 6.07) is 0.757. The first-order chi connectivity index (χ1) is 7.38. The Kier molecular flexibility index (Phi) is 4.79. The van der Waals surface area contributed by atoms with Gasteiger partial charge in [-0.05, 0) is 44.8 Å². The Labute approximate surface area is 97.5 Å². The van der Waals surface area contributed by atoms with Gasteiger partial charge in [0.05, 0.1) is 6.10 Å². The Morgan fingerprint density at radius 3 is 2.87 bits per heavy atom. The number of thioether (sulfide) groups is 1. The summed E-state index contributed by atoms with van der Waals surface area (Å²) in [7, 11) is 0. The molecule has 0 aromatic carbocycles. The molecular formula is C12H23NOS. The normalized spacial score (nSPS) is 37.0. The van der Waals surface area contributed by atoms with Crippen molar-refractivity contribution in [1.82, 2.24) is 5.32 Å². The van der Waals surface area contributed by atoms with Crippen LogP contribution < -0.4 is 5.32 Å². The summed E-state index contributed by atoms with van der Waals surface area (Å²) >= 11 is 2.03. The lowest BCUT2D eigenvalue weighted by Gasteiger charge is -2.24. The Morgan fingerprint density at radius 1 is 1.27 bits per heavy atom. The Morgan fingerprint density at radius 2 is 2.20 bits per heavy atom. The van der Waals surface area contributed by atoms with Crippen LogP contribution in [0, 0.1) is 0 Å². The molecule has 2 rings (SSSR count). The van der Waals surface area contributed by atoms with Crippen molar-refractivity contribution in [2.45, 2.75) is 55.9 Å². The van der Waals surface area contributed by atoms with Gasteiger partial charge in [-0.25, -0.2) is 0 Å². The van der Waals surface area contributed by atoms with E-state index < -0.39 is 0 Å². The predicted octanol–water partition coefficient (Wildman–Crippen LogP) is 2.43. The topological polar surface area (TPSA) is 21.3 Å². The van der Waals surface area contributed by atoms with Crippen molar-refractivity contribution in [3.8, 4) is 0 Å². The van der Waals surface area contributed by atoms with Crippen molar-refractivity contribution >= 4 is 11.8 Å². The first-order valence-corrected chi connectivity index (χ1v) is 7.55. The number of ether oxygens (including phenoxy) is 1. The van der Waals surface area contributed by atoms with Crippen molar-refractivity contribution in [3.63, 3.8) is 0 Å². The van der Waals surface area contributed by atoms with Crippen LogP contribution in [0.3, 0.4) is 0 Å². The zero-order chi connectivity index (χ0) is 10.5. The van der Waals surface area contributed by atoms with Crippen molar-refractivity contribution in [2.24, 2.45) is 0 Å². The molecule has 1 aliphatic heterocycles. The molecular weight excluding hydrogens is 206 g/mol. The van der Waals surface area contributed by atoms with Crippen LogP contribution in [0.25, 0.3) is 0 Å². The van der Waals surface area contributed by atoms with E-state index in [4.69, 9.17) is 4.74 Å². The minimum Gasteiger partial charge on any atom is -0.377 e. The molecule has 0 amide bonds. The highest BCUT2D eigenvalue weighted by molar-refractivity contribution is 7.99. The minimum absolute atomic E-state index is 0.493. The third-order valence-corrected chi connectivity index (χ3v) is 4.72. The van der Waals surface area contributed by atoms with Crippen molar-refractivity contribution in [2.75, 3.05) is 19.4 Å². The molecule has 0 aromatic rings. The predicted molar refractivity (Wildman–Crippen MR) is 66.5 cm³/mol. The van der Waals surface area contributed by atoms with Crippen LogP contribution in [0.4, 0.5) is 0 Å². The van der Waals surface area contributed by atoms with Gasteiger partial charge in [-0.3, -0.25) is 0 Å². The summed E-state index contributed by atoms with van der Waals surface area (Å²) in [5.41, 5.74) is 0. The summed E-state index contributed by atoms with van der Waals surface area (Å²) in [5.74, 6) is 0. The van der Waals surface area contributed by atoms with E-state index in [-0.39, 0.29) is 0 Å².